The third-order valence-electron chi connectivity index (χ3n) is 13.0. The van der Waals surface area contributed by atoms with Gasteiger partial charge in [-0.05, 0) is 101 Å². The van der Waals surface area contributed by atoms with E-state index in [1.165, 1.54) is 98.8 Å². The number of aromatic nitrogens is 3. The van der Waals surface area contributed by atoms with Crippen molar-refractivity contribution in [3.8, 4) is 50.4 Å². The van der Waals surface area contributed by atoms with E-state index >= 15 is 0 Å². The maximum atomic E-state index is 2.49. The van der Waals surface area contributed by atoms with Gasteiger partial charge < -0.3 is 13.7 Å². The van der Waals surface area contributed by atoms with Crippen molar-refractivity contribution >= 4 is 65.4 Å². The molecular weight excluding hydrogens is 763 g/mol. The highest BCUT2D eigenvalue weighted by Crippen LogP contribution is 2.45. The predicted octanol–water partition coefficient (Wildman–Crippen LogP) is 16.0. The van der Waals surface area contributed by atoms with E-state index in [1.54, 1.807) is 0 Å². The average Bonchev–Trinajstić information content (AvgIpc) is 4.00. The summed E-state index contributed by atoms with van der Waals surface area (Å²) in [7, 11) is 0. The number of benzene rings is 10. The molecule has 10 aromatic carbocycles. The Balaban J connectivity index is 1.11. The molecule has 0 bridgehead atoms. The Bertz CT molecular complexity index is 3820. The van der Waals surface area contributed by atoms with E-state index in [1.807, 2.05) is 0 Å². The van der Waals surface area contributed by atoms with Crippen LogP contribution in [0, 0.1) is 0 Å². The fourth-order valence-corrected chi connectivity index (χ4v) is 10.3. The van der Waals surface area contributed by atoms with Crippen LogP contribution >= 0.6 is 0 Å². The highest BCUT2D eigenvalue weighted by atomic mass is 15.0. The van der Waals surface area contributed by atoms with E-state index in [0.717, 1.165) is 17.1 Å². The summed E-state index contributed by atoms with van der Waals surface area (Å²) in [5.74, 6) is 0. The molecule has 0 aliphatic rings. The van der Waals surface area contributed by atoms with E-state index in [-0.39, 0.29) is 0 Å². The van der Waals surface area contributed by atoms with Crippen LogP contribution in [0.3, 0.4) is 0 Å². The highest BCUT2D eigenvalue weighted by molar-refractivity contribution is 6.19. The topological polar surface area (TPSA) is 14.8 Å². The van der Waals surface area contributed by atoms with E-state index < -0.39 is 0 Å². The first kappa shape index (κ1) is 35.4. The summed E-state index contributed by atoms with van der Waals surface area (Å²) in [5.41, 5.74) is 17.8. The monoisotopic (exact) mass is 801 g/mol. The van der Waals surface area contributed by atoms with Crippen LogP contribution in [-0.4, -0.2) is 13.7 Å². The second-order valence-corrected chi connectivity index (χ2v) is 16.5. The molecule has 3 heterocycles. The van der Waals surface area contributed by atoms with Gasteiger partial charge in [0.15, 0.2) is 0 Å². The molecule has 0 fully saturated rings. The zero-order valence-electron chi connectivity index (χ0n) is 34.4. The van der Waals surface area contributed by atoms with Crippen LogP contribution in [0.4, 0.5) is 0 Å². The maximum absolute atomic E-state index is 2.49. The molecule has 0 saturated heterocycles. The van der Waals surface area contributed by atoms with Gasteiger partial charge in [-0.1, -0.05) is 158 Å². The van der Waals surface area contributed by atoms with E-state index in [2.05, 4.69) is 250 Å². The summed E-state index contributed by atoms with van der Waals surface area (Å²) in [6.07, 6.45) is 0. The molecule has 294 valence electrons. The van der Waals surface area contributed by atoms with Gasteiger partial charge >= 0.3 is 0 Å². The summed E-state index contributed by atoms with van der Waals surface area (Å²) in [4.78, 5) is 0. The van der Waals surface area contributed by atoms with Crippen molar-refractivity contribution in [3.05, 3.63) is 237 Å². The number of nitrogens with zero attached hydrogens (tertiary/aromatic N) is 3. The lowest BCUT2D eigenvalue weighted by molar-refractivity contribution is 1.17. The fourth-order valence-electron chi connectivity index (χ4n) is 10.3. The van der Waals surface area contributed by atoms with Crippen molar-refractivity contribution in [3.63, 3.8) is 0 Å². The Morgan fingerprint density at radius 3 is 1.32 bits per heavy atom. The molecule has 13 aromatic rings. The lowest BCUT2D eigenvalue weighted by Gasteiger charge is -2.15. The first-order chi connectivity index (χ1) is 31.3. The molecule has 3 nitrogen and oxygen atoms in total. The van der Waals surface area contributed by atoms with Crippen LogP contribution in [-0.2, 0) is 0 Å². The average molecular weight is 802 g/mol. The molecule has 13 rings (SSSR count). The largest absolute Gasteiger partial charge is 0.309 e. The molecular formula is C60H39N3. The van der Waals surface area contributed by atoms with Gasteiger partial charge in [-0.25, -0.2) is 0 Å². The van der Waals surface area contributed by atoms with Gasteiger partial charge in [-0.3, -0.25) is 0 Å². The van der Waals surface area contributed by atoms with Crippen LogP contribution in [0.1, 0.15) is 0 Å². The number of para-hydroxylation sites is 5. The molecule has 0 spiro atoms. The van der Waals surface area contributed by atoms with Gasteiger partial charge in [0.2, 0.25) is 0 Å². The van der Waals surface area contributed by atoms with Crippen molar-refractivity contribution < 1.29 is 0 Å². The van der Waals surface area contributed by atoms with Crippen LogP contribution < -0.4 is 0 Å². The number of hydrogen-bond donors (Lipinski definition) is 0. The summed E-state index contributed by atoms with van der Waals surface area (Å²) >= 11 is 0. The Morgan fingerprint density at radius 2 is 0.667 bits per heavy atom. The minimum Gasteiger partial charge on any atom is -0.309 e. The molecule has 0 atom stereocenters. The summed E-state index contributed by atoms with van der Waals surface area (Å²) in [5, 5.41) is 7.41. The Morgan fingerprint density at radius 1 is 0.206 bits per heavy atom. The lowest BCUT2D eigenvalue weighted by atomic mass is 9.94. The predicted molar refractivity (Wildman–Crippen MR) is 266 cm³/mol. The Kier molecular flexibility index (Phi) is 7.91. The molecule has 3 aromatic heterocycles. The molecule has 3 heteroatoms. The van der Waals surface area contributed by atoms with E-state index in [4.69, 9.17) is 0 Å². The summed E-state index contributed by atoms with van der Waals surface area (Å²) in [6, 6.07) is 86.5. The SMILES string of the molecule is c1ccc(-c2cccc3c4cc(-c5ccc6c(c5)c5cc(-n7c8ccccc8c8ccccc87)ccc5n6-c5ccccc5)cc(-c5ccccc5)c4n(-c4ccccc4)c23)cc1. The smallest absolute Gasteiger partial charge is 0.0620 e. The van der Waals surface area contributed by atoms with Gasteiger partial charge in [0.1, 0.15) is 0 Å². The third-order valence-corrected chi connectivity index (χ3v) is 13.0. The molecule has 0 amide bonds. The minimum atomic E-state index is 1.14. The number of hydrogen-bond acceptors (Lipinski definition) is 0. The van der Waals surface area contributed by atoms with Crippen molar-refractivity contribution in [2.75, 3.05) is 0 Å². The van der Waals surface area contributed by atoms with Gasteiger partial charge in [-0.2, -0.15) is 0 Å². The number of rotatable bonds is 6. The summed E-state index contributed by atoms with van der Waals surface area (Å²) < 4.78 is 7.33. The second kappa shape index (κ2) is 14.1. The third kappa shape index (κ3) is 5.46. The Hall–Kier alpha value is -8.40. The molecule has 0 saturated carbocycles. The molecule has 0 unspecified atom stereocenters. The van der Waals surface area contributed by atoms with Crippen LogP contribution in [0.15, 0.2) is 237 Å². The van der Waals surface area contributed by atoms with Gasteiger partial charge in [0, 0.05) is 60.5 Å². The van der Waals surface area contributed by atoms with Crippen molar-refractivity contribution in [1.29, 1.82) is 0 Å². The molecule has 0 aliphatic heterocycles. The van der Waals surface area contributed by atoms with Gasteiger partial charge in [0.25, 0.3) is 0 Å². The molecule has 0 radical (unpaired) electrons. The first-order valence-corrected chi connectivity index (χ1v) is 21.7. The zero-order valence-corrected chi connectivity index (χ0v) is 34.4. The summed E-state index contributed by atoms with van der Waals surface area (Å²) in [6.45, 7) is 0. The van der Waals surface area contributed by atoms with E-state index in [9.17, 15) is 0 Å². The zero-order chi connectivity index (χ0) is 41.4. The fraction of sp³-hybridized carbons (Fsp3) is 0. The van der Waals surface area contributed by atoms with Crippen molar-refractivity contribution in [2.45, 2.75) is 0 Å². The highest BCUT2D eigenvalue weighted by Gasteiger charge is 2.22. The van der Waals surface area contributed by atoms with E-state index in [0.29, 0.717) is 0 Å². The van der Waals surface area contributed by atoms with Gasteiger partial charge in [0.05, 0.1) is 33.1 Å². The Labute approximate surface area is 364 Å². The molecule has 0 N–H and O–H groups in total. The quantitative estimate of drug-likeness (QED) is 0.159. The van der Waals surface area contributed by atoms with Crippen LogP contribution in [0.2, 0.25) is 0 Å². The van der Waals surface area contributed by atoms with Crippen molar-refractivity contribution in [2.24, 2.45) is 0 Å². The second-order valence-electron chi connectivity index (χ2n) is 16.5. The minimum absolute atomic E-state index is 1.14. The standard InChI is InChI=1S/C60H39N3/c1-5-18-40(19-6-1)47-28-17-29-50-54-38-43(37-51(41-20-7-2-8-21-41)60(54)63(59(47)50)45-24-11-4-12-25-45)42-32-34-57-52(36-42)53-39-46(33-35-58(53)61(57)44-22-9-3-10-23-44)62-55-30-15-13-26-48(55)49-27-14-16-31-56(49)62/h1-39H. The first-order valence-electron chi connectivity index (χ1n) is 21.7. The van der Waals surface area contributed by atoms with Gasteiger partial charge in [-0.15, -0.1) is 0 Å². The van der Waals surface area contributed by atoms with Crippen molar-refractivity contribution in [1.82, 2.24) is 13.7 Å². The van der Waals surface area contributed by atoms with Crippen LogP contribution in [0.25, 0.3) is 116 Å². The van der Waals surface area contributed by atoms with Crippen LogP contribution in [0.5, 0.6) is 0 Å². The number of fused-ring (bicyclic) bond motifs is 9. The maximum Gasteiger partial charge on any atom is 0.0620 e. The normalized spacial score (nSPS) is 11.8. The lowest BCUT2D eigenvalue weighted by Crippen LogP contribution is -1.97. The molecule has 63 heavy (non-hydrogen) atoms. The molecule has 0 aliphatic carbocycles.